The Kier molecular flexibility index (Phi) is 9.85. The van der Waals surface area contributed by atoms with Gasteiger partial charge in [0, 0.05) is 18.7 Å². The van der Waals surface area contributed by atoms with Gasteiger partial charge in [-0.1, -0.05) is 30.3 Å². The van der Waals surface area contributed by atoms with Crippen LogP contribution in [-0.4, -0.2) is 19.1 Å². The fourth-order valence-corrected chi connectivity index (χ4v) is 2.14. The molecule has 0 saturated carbocycles. The monoisotopic (exact) mass is 479 g/mol. The SMILES string of the molecule is CCNC(=NCc1ccc(F)cc1)NCc1ccccc1OC(F)F.I. The molecular formula is C18H21F3IN3O. The van der Waals surface area contributed by atoms with E-state index in [1.807, 2.05) is 6.92 Å². The highest BCUT2D eigenvalue weighted by atomic mass is 127. The van der Waals surface area contributed by atoms with Crippen LogP contribution in [0.4, 0.5) is 13.2 Å². The van der Waals surface area contributed by atoms with Gasteiger partial charge in [-0.2, -0.15) is 8.78 Å². The summed E-state index contributed by atoms with van der Waals surface area (Å²) in [4.78, 5) is 4.40. The summed E-state index contributed by atoms with van der Waals surface area (Å²) in [5.74, 6) is 0.353. The van der Waals surface area contributed by atoms with Gasteiger partial charge in [-0.15, -0.1) is 24.0 Å². The minimum atomic E-state index is -2.87. The first-order valence-corrected chi connectivity index (χ1v) is 7.88. The maximum Gasteiger partial charge on any atom is 0.387 e. The van der Waals surface area contributed by atoms with E-state index in [4.69, 9.17) is 0 Å². The molecule has 8 heteroatoms. The Morgan fingerprint density at radius 2 is 1.77 bits per heavy atom. The Labute approximate surface area is 167 Å². The smallest absolute Gasteiger partial charge is 0.387 e. The van der Waals surface area contributed by atoms with Crippen LogP contribution < -0.4 is 15.4 Å². The molecule has 0 unspecified atom stereocenters. The van der Waals surface area contributed by atoms with Gasteiger partial charge in [0.2, 0.25) is 0 Å². The number of ether oxygens (including phenoxy) is 1. The summed E-state index contributed by atoms with van der Waals surface area (Å²) < 4.78 is 42.3. The Morgan fingerprint density at radius 3 is 2.42 bits per heavy atom. The summed E-state index contributed by atoms with van der Waals surface area (Å²) in [5, 5.41) is 6.14. The highest BCUT2D eigenvalue weighted by Crippen LogP contribution is 2.19. The van der Waals surface area contributed by atoms with Gasteiger partial charge in [0.15, 0.2) is 5.96 Å². The summed E-state index contributed by atoms with van der Waals surface area (Å²) in [7, 11) is 0. The number of hydrogen-bond donors (Lipinski definition) is 2. The third-order valence-electron chi connectivity index (χ3n) is 3.31. The molecule has 0 radical (unpaired) electrons. The fourth-order valence-electron chi connectivity index (χ4n) is 2.14. The van der Waals surface area contributed by atoms with E-state index in [0.717, 1.165) is 5.56 Å². The van der Waals surface area contributed by atoms with Crippen LogP contribution in [0.15, 0.2) is 53.5 Å². The van der Waals surface area contributed by atoms with Gasteiger partial charge in [0.1, 0.15) is 11.6 Å². The third-order valence-corrected chi connectivity index (χ3v) is 3.31. The highest BCUT2D eigenvalue weighted by molar-refractivity contribution is 14.0. The highest BCUT2D eigenvalue weighted by Gasteiger charge is 2.09. The van der Waals surface area contributed by atoms with E-state index in [1.165, 1.54) is 18.2 Å². The number of benzene rings is 2. The first-order valence-electron chi connectivity index (χ1n) is 7.88. The molecule has 0 aromatic heterocycles. The molecule has 2 N–H and O–H groups in total. The standard InChI is InChI=1S/C18H20F3N3O.HI/c1-2-22-18(23-11-13-7-9-15(19)10-8-13)24-12-14-5-3-4-6-16(14)25-17(20)21;/h3-10,17H,2,11-12H2,1H3,(H2,22,23,24);1H. The van der Waals surface area contributed by atoms with Gasteiger partial charge < -0.3 is 15.4 Å². The zero-order valence-corrected chi connectivity index (χ0v) is 16.5. The second-order valence-corrected chi connectivity index (χ2v) is 5.16. The number of nitrogens with zero attached hydrogens (tertiary/aromatic N) is 1. The van der Waals surface area contributed by atoms with Crippen molar-refractivity contribution in [3.8, 4) is 5.75 Å². The van der Waals surface area contributed by atoms with Crippen molar-refractivity contribution in [2.45, 2.75) is 26.6 Å². The van der Waals surface area contributed by atoms with Crippen LogP contribution in [0.25, 0.3) is 0 Å². The third kappa shape index (κ3) is 7.51. The van der Waals surface area contributed by atoms with E-state index in [-0.39, 0.29) is 42.1 Å². The molecule has 0 heterocycles. The topological polar surface area (TPSA) is 45.7 Å². The van der Waals surface area contributed by atoms with Crippen LogP contribution in [0.2, 0.25) is 0 Å². The van der Waals surface area contributed by atoms with Crippen LogP contribution in [0, 0.1) is 5.82 Å². The number of guanidine groups is 1. The zero-order valence-electron chi connectivity index (χ0n) is 14.2. The fraction of sp³-hybridized carbons (Fsp3) is 0.278. The van der Waals surface area contributed by atoms with Crippen LogP contribution >= 0.6 is 24.0 Å². The normalized spacial score (nSPS) is 11.0. The molecule has 2 rings (SSSR count). The van der Waals surface area contributed by atoms with Crippen molar-refractivity contribution in [1.29, 1.82) is 0 Å². The summed E-state index contributed by atoms with van der Waals surface area (Å²) >= 11 is 0. The minimum Gasteiger partial charge on any atom is -0.434 e. The van der Waals surface area contributed by atoms with Gasteiger partial charge in [0.05, 0.1) is 6.54 Å². The summed E-state index contributed by atoms with van der Waals surface area (Å²) in [5.41, 5.74) is 1.45. The molecule has 0 aliphatic carbocycles. The van der Waals surface area contributed by atoms with Crippen molar-refractivity contribution in [1.82, 2.24) is 10.6 Å². The Hall–Kier alpha value is -1.97. The lowest BCUT2D eigenvalue weighted by molar-refractivity contribution is -0.0504. The van der Waals surface area contributed by atoms with Crippen LogP contribution in [-0.2, 0) is 13.1 Å². The summed E-state index contributed by atoms with van der Waals surface area (Å²) in [6, 6.07) is 12.7. The number of para-hydroxylation sites is 1. The maximum absolute atomic E-state index is 12.9. The van der Waals surface area contributed by atoms with Crippen molar-refractivity contribution >= 4 is 29.9 Å². The largest absolute Gasteiger partial charge is 0.434 e. The van der Waals surface area contributed by atoms with E-state index in [2.05, 4.69) is 20.4 Å². The first kappa shape index (κ1) is 22.1. The lowest BCUT2D eigenvalue weighted by Gasteiger charge is -2.14. The first-order chi connectivity index (χ1) is 12.1. The van der Waals surface area contributed by atoms with Gasteiger partial charge >= 0.3 is 6.61 Å². The average Bonchev–Trinajstić information content (AvgIpc) is 2.59. The molecule has 26 heavy (non-hydrogen) atoms. The van der Waals surface area contributed by atoms with Gasteiger partial charge in [-0.05, 0) is 30.7 Å². The van der Waals surface area contributed by atoms with E-state index in [9.17, 15) is 13.2 Å². The lowest BCUT2D eigenvalue weighted by atomic mass is 10.2. The predicted octanol–water partition coefficient (Wildman–Crippen LogP) is 4.30. The van der Waals surface area contributed by atoms with E-state index < -0.39 is 6.61 Å². The predicted molar refractivity (Wildman–Crippen MR) is 107 cm³/mol. The van der Waals surface area contributed by atoms with Crippen LogP contribution in [0.3, 0.4) is 0 Å². The average molecular weight is 479 g/mol. The van der Waals surface area contributed by atoms with Crippen LogP contribution in [0.1, 0.15) is 18.1 Å². The second-order valence-electron chi connectivity index (χ2n) is 5.16. The molecule has 0 bridgehead atoms. The van der Waals surface area contributed by atoms with Crippen molar-refractivity contribution in [2.75, 3.05) is 6.54 Å². The van der Waals surface area contributed by atoms with Crippen molar-refractivity contribution in [3.05, 3.63) is 65.5 Å². The van der Waals surface area contributed by atoms with Crippen LogP contribution in [0.5, 0.6) is 5.75 Å². The molecule has 142 valence electrons. The molecule has 2 aromatic carbocycles. The summed E-state index contributed by atoms with van der Waals surface area (Å²) in [6.07, 6.45) is 0. The zero-order chi connectivity index (χ0) is 18.1. The molecule has 0 fully saturated rings. The number of hydrogen-bond acceptors (Lipinski definition) is 2. The van der Waals surface area contributed by atoms with E-state index >= 15 is 0 Å². The lowest BCUT2D eigenvalue weighted by Crippen LogP contribution is -2.36. The van der Waals surface area contributed by atoms with Gasteiger partial charge in [0.25, 0.3) is 0 Å². The summed E-state index contributed by atoms with van der Waals surface area (Å²) in [6.45, 7) is 0.331. The number of rotatable bonds is 7. The minimum absolute atomic E-state index is 0. The molecule has 4 nitrogen and oxygen atoms in total. The second kappa shape index (κ2) is 11.6. The molecule has 0 saturated heterocycles. The molecule has 2 aromatic rings. The Balaban J connectivity index is 0.00000338. The number of aliphatic imine (C=N–C) groups is 1. The van der Waals surface area contributed by atoms with Gasteiger partial charge in [-0.3, -0.25) is 0 Å². The van der Waals surface area contributed by atoms with Gasteiger partial charge in [-0.25, -0.2) is 9.38 Å². The molecular weight excluding hydrogens is 458 g/mol. The molecule has 0 spiro atoms. The van der Waals surface area contributed by atoms with Crippen molar-refractivity contribution in [3.63, 3.8) is 0 Å². The Bertz CT molecular complexity index is 696. The molecule has 0 aliphatic rings. The molecule has 0 atom stereocenters. The number of alkyl halides is 2. The Morgan fingerprint density at radius 1 is 1.08 bits per heavy atom. The molecule has 0 aliphatic heterocycles. The van der Waals surface area contributed by atoms with Crippen molar-refractivity contribution in [2.24, 2.45) is 4.99 Å². The number of halogens is 4. The van der Waals surface area contributed by atoms with Crippen molar-refractivity contribution < 1.29 is 17.9 Å². The molecule has 0 amide bonds. The number of nitrogens with one attached hydrogen (secondary N) is 2. The van der Waals surface area contributed by atoms with E-state index in [0.29, 0.717) is 24.6 Å². The quantitative estimate of drug-likeness (QED) is 0.354. The van der Waals surface area contributed by atoms with E-state index in [1.54, 1.807) is 30.3 Å². The maximum atomic E-state index is 12.9.